The van der Waals surface area contributed by atoms with Crippen LogP contribution >= 0.6 is 11.6 Å². The highest BCUT2D eigenvalue weighted by molar-refractivity contribution is 7.89. The number of halogens is 1. The summed E-state index contributed by atoms with van der Waals surface area (Å²) in [5.41, 5.74) is 0. The van der Waals surface area contributed by atoms with E-state index in [2.05, 4.69) is 0 Å². The lowest BCUT2D eigenvalue weighted by atomic mass is 10.3. The van der Waals surface area contributed by atoms with Crippen molar-refractivity contribution < 1.29 is 17.9 Å². The fraction of sp³-hybridized carbons (Fsp3) is 0.571. The maximum absolute atomic E-state index is 12.5. The van der Waals surface area contributed by atoms with Crippen LogP contribution in [0, 0.1) is 0 Å². The zero-order valence-electron chi connectivity index (χ0n) is 12.4. The monoisotopic (exact) mass is 335 g/mol. The van der Waals surface area contributed by atoms with E-state index >= 15 is 0 Å². The van der Waals surface area contributed by atoms with Gasteiger partial charge in [-0.25, -0.2) is 8.42 Å². The van der Waals surface area contributed by atoms with Crippen molar-refractivity contribution in [2.24, 2.45) is 0 Å². The van der Waals surface area contributed by atoms with Crippen molar-refractivity contribution in [2.75, 3.05) is 39.3 Å². The summed E-state index contributed by atoms with van der Waals surface area (Å²) in [6.45, 7) is 3.43. The molecule has 0 aliphatic carbocycles. The second-order valence-electron chi connectivity index (χ2n) is 4.35. The Morgan fingerprint density at radius 2 is 1.86 bits per heavy atom. The van der Waals surface area contributed by atoms with E-state index in [4.69, 9.17) is 21.1 Å². The molecule has 0 bridgehead atoms. The highest BCUT2D eigenvalue weighted by Gasteiger charge is 2.22. The molecule has 0 saturated heterocycles. The second kappa shape index (κ2) is 9.25. The summed E-state index contributed by atoms with van der Waals surface area (Å²) in [5.74, 6) is 1.18. The summed E-state index contributed by atoms with van der Waals surface area (Å²) in [6.07, 6.45) is 0.752. The highest BCUT2D eigenvalue weighted by Crippen LogP contribution is 2.19. The molecule has 0 heterocycles. The van der Waals surface area contributed by atoms with E-state index in [9.17, 15) is 8.42 Å². The lowest BCUT2D eigenvalue weighted by Crippen LogP contribution is -2.33. The standard InChI is InChI=1S/C14H22ClNO4S/c1-3-16(10-12-19-2)21(17,18)14-7-5-13(6-8-14)20-11-4-9-15/h5-8H,3-4,9-12H2,1-2H3. The Labute approximate surface area is 131 Å². The predicted molar refractivity (Wildman–Crippen MR) is 83.6 cm³/mol. The predicted octanol–water partition coefficient (Wildman–Crippen LogP) is 2.35. The molecule has 0 atom stereocenters. The van der Waals surface area contributed by atoms with Gasteiger partial charge >= 0.3 is 0 Å². The van der Waals surface area contributed by atoms with Crippen LogP contribution < -0.4 is 4.74 Å². The molecular formula is C14H22ClNO4S. The first-order valence-electron chi connectivity index (χ1n) is 6.84. The van der Waals surface area contributed by atoms with Crippen molar-refractivity contribution in [3.05, 3.63) is 24.3 Å². The fourth-order valence-corrected chi connectivity index (χ4v) is 3.28. The number of sulfonamides is 1. The van der Waals surface area contributed by atoms with E-state index in [0.717, 1.165) is 6.42 Å². The average Bonchev–Trinajstić information content (AvgIpc) is 2.48. The fourth-order valence-electron chi connectivity index (χ4n) is 1.74. The summed E-state index contributed by atoms with van der Waals surface area (Å²) < 4.78 is 36.7. The minimum absolute atomic E-state index is 0.255. The van der Waals surface area contributed by atoms with E-state index in [1.807, 2.05) is 0 Å². The number of rotatable bonds is 10. The van der Waals surface area contributed by atoms with Crippen LogP contribution in [0.1, 0.15) is 13.3 Å². The molecule has 0 unspecified atom stereocenters. The third-order valence-electron chi connectivity index (χ3n) is 2.91. The van der Waals surface area contributed by atoms with Crippen LogP contribution in [0.15, 0.2) is 29.2 Å². The smallest absolute Gasteiger partial charge is 0.243 e. The Morgan fingerprint density at radius 3 is 2.38 bits per heavy atom. The van der Waals surface area contributed by atoms with Gasteiger partial charge in [0.15, 0.2) is 0 Å². The van der Waals surface area contributed by atoms with E-state index in [0.29, 0.717) is 37.9 Å². The Morgan fingerprint density at radius 1 is 1.19 bits per heavy atom. The van der Waals surface area contributed by atoms with E-state index in [1.54, 1.807) is 38.3 Å². The van der Waals surface area contributed by atoms with Gasteiger partial charge in [0.1, 0.15) is 5.75 Å². The maximum Gasteiger partial charge on any atom is 0.243 e. The number of hydrogen-bond donors (Lipinski definition) is 0. The van der Waals surface area contributed by atoms with Crippen molar-refractivity contribution in [3.8, 4) is 5.75 Å². The van der Waals surface area contributed by atoms with Crippen molar-refractivity contribution in [3.63, 3.8) is 0 Å². The molecule has 120 valence electrons. The molecule has 0 saturated carbocycles. The van der Waals surface area contributed by atoms with Crippen LogP contribution in [0.3, 0.4) is 0 Å². The van der Waals surface area contributed by atoms with Gasteiger partial charge in [-0.05, 0) is 30.7 Å². The van der Waals surface area contributed by atoms with Crippen LogP contribution in [0.2, 0.25) is 0 Å². The van der Waals surface area contributed by atoms with Crippen molar-refractivity contribution in [2.45, 2.75) is 18.2 Å². The van der Waals surface area contributed by atoms with Crippen LogP contribution in [0.4, 0.5) is 0 Å². The van der Waals surface area contributed by atoms with Gasteiger partial charge in [-0.2, -0.15) is 4.31 Å². The molecule has 0 aliphatic heterocycles. The van der Waals surface area contributed by atoms with E-state index < -0.39 is 10.0 Å². The first kappa shape index (κ1) is 18.2. The molecule has 0 spiro atoms. The molecule has 5 nitrogen and oxygen atoms in total. The number of benzene rings is 1. The minimum atomic E-state index is -3.49. The van der Waals surface area contributed by atoms with E-state index in [1.165, 1.54) is 4.31 Å². The first-order valence-corrected chi connectivity index (χ1v) is 8.81. The molecule has 21 heavy (non-hydrogen) atoms. The molecule has 0 aromatic heterocycles. The molecular weight excluding hydrogens is 314 g/mol. The Kier molecular flexibility index (Phi) is 8.03. The Balaban J connectivity index is 2.78. The number of likely N-dealkylation sites (N-methyl/N-ethyl adjacent to an activating group) is 1. The number of hydrogen-bond acceptors (Lipinski definition) is 4. The molecule has 7 heteroatoms. The van der Waals surface area contributed by atoms with Crippen LogP contribution in [0.5, 0.6) is 5.75 Å². The van der Waals surface area contributed by atoms with Crippen molar-refractivity contribution in [1.82, 2.24) is 4.31 Å². The normalized spacial score (nSPS) is 11.8. The lowest BCUT2D eigenvalue weighted by Gasteiger charge is -2.20. The largest absolute Gasteiger partial charge is 0.494 e. The van der Waals surface area contributed by atoms with Gasteiger partial charge in [0.2, 0.25) is 10.0 Å². The Hall–Kier alpha value is -0.820. The minimum Gasteiger partial charge on any atom is -0.494 e. The molecule has 0 fully saturated rings. The highest BCUT2D eigenvalue weighted by atomic mass is 35.5. The van der Waals surface area contributed by atoms with Crippen LogP contribution in [-0.4, -0.2) is 52.0 Å². The zero-order chi connectivity index (χ0) is 15.7. The zero-order valence-corrected chi connectivity index (χ0v) is 14.0. The first-order chi connectivity index (χ1) is 10.1. The van der Waals surface area contributed by atoms with Gasteiger partial charge in [-0.3, -0.25) is 0 Å². The summed E-state index contributed by atoms with van der Waals surface area (Å²) in [6, 6.07) is 6.43. The van der Waals surface area contributed by atoms with Gasteiger partial charge in [0.25, 0.3) is 0 Å². The third-order valence-corrected chi connectivity index (χ3v) is 5.16. The van der Waals surface area contributed by atoms with Crippen molar-refractivity contribution in [1.29, 1.82) is 0 Å². The van der Waals surface area contributed by atoms with Gasteiger partial charge in [0.05, 0.1) is 18.1 Å². The number of alkyl halides is 1. The summed E-state index contributed by atoms with van der Waals surface area (Å²) >= 11 is 5.57. The molecule has 0 aliphatic rings. The second-order valence-corrected chi connectivity index (χ2v) is 6.67. The molecule has 1 aromatic carbocycles. The molecule has 0 amide bonds. The number of nitrogens with zero attached hydrogens (tertiary/aromatic N) is 1. The van der Waals surface area contributed by atoms with Gasteiger partial charge in [-0.15, -0.1) is 11.6 Å². The van der Waals surface area contributed by atoms with Gasteiger partial charge in [-0.1, -0.05) is 6.92 Å². The number of ether oxygens (including phenoxy) is 2. The molecule has 1 rings (SSSR count). The van der Waals surface area contributed by atoms with Gasteiger partial charge in [0, 0.05) is 26.1 Å². The topological polar surface area (TPSA) is 55.8 Å². The molecule has 0 N–H and O–H groups in total. The SMILES string of the molecule is CCN(CCOC)S(=O)(=O)c1ccc(OCCCCl)cc1. The summed E-state index contributed by atoms with van der Waals surface area (Å²) in [7, 11) is -1.94. The lowest BCUT2D eigenvalue weighted by molar-refractivity contribution is 0.180. The summed E-state index contributed by atoms with van der Waals surface area (Å²) in [5, 5.41) is 0. The Bertz CT molecular complexity index is 504. The summed E-state index contributed by atoms with van der Waals surface area (Å²) in [4.78, 5) is 0.255. The van der Waals surface area contributed by atoms with Crippen LogP contribution in [0.25, 0.3) is 0 Å². The van der Waals surface area contributed by atoms with Crippen molar-refractivity contribution >= 4 is 21.6 Å². The van der Waals surface area contributed by atoms with E-state index in [-0.39, 0.29) is 4.90 Å². The molecule has 1 aromatic rings. The average molecular weight is 336 g/mol. The maximum atomic E-state index is 12.5. The van der Waals surface area contributed by atoms with Gasteiger partial charge < -0.3 is 9.47 Å². The number of methoxy groups -OCH3 is 1. The quantitative estimate of drug-likeness (QED) is 0.486. The third kappa shape index (κ3) is 5.47. The molecule has 0 radical (unpaired) electrons. The van der Waals surface area contributed by atoms with Crippen LogP contribution in [-0.2, 0) is 14.8 Å².